The van der Waals surface area contributed by atoms with Crippen molar-refractivity contribution in [1.82, 2.24) is 19.2 Å². The number of hydrogen-bond donors (Lipinski definition) is 0. The number of aromatic nitrogens is 2. The van der Waals surface area contributed by atoms with Crippen LogP contribution < -0.4 is 0 Å². The van der Waals surface area contributed by atoms with E-state index < -0.39 is 0 Å². The zero-order valence-electron chi connectivity index (χ0n) is 21.2. The molecule has 1 aliphatic heterocycles. The van der Waals surface area contributed by atoms with Gasteiger partial charge in [0.15, 0.2) is 5.78 Å². The van der Waals surface area contributed by atoms with E-state index in [-0.39, 0.29) is 11.7 Å². The quantitative estimate of drug-likeness (QED) is 0.262. The van der Waals surface area contributed by atoms with E-state index in [0.717, 1.165) is 58.2 Å². The lowest BCUT2D eigenvalue weighted by molar-refractivity contribution is 0.0631. The lowest BCUT2D eigenvalue weighted by Crippen LogP contribution is -2.48. The molecule has 0 unspecified atom stereocenters. The first kappa shape index (κ1) is 24.3. The molecular formula is C31H28N4O2S. The van der Waals surface area contributed by atoms with Gasteiger partial charge in [0.1, 0.15) is 5.65 Å². The summed E-state index contributed by atoms with van der Waals surface area (Å²) in [6.07, 6.45) is 2.14. The standard InChI is InChI=1S/C31H28N4O2S/c1-22(36)23-9-11-24(12-10-23)26-13-14-29-32-30(25-6-3-2-4-7-25)27(35(29)20-26)21-33-15-17-34(18-16-33)31(37)28-8-5-19-38-28/h2-14,19-20H,15-18,21H2,1H3. The summed E-state index contributed by atoms with van der Waals surface area (Å²) in [7, 11) is 0. The average Bonchev–Trinajstić information content (AvgIpc) is 3.62. The molecule has 2 aromatic carbocycles. The number of carbonyl (C=O) groups is 2. The molecule has 0 bridgehead atoms. The van der Waals surface area contributed by atoms with Gasteiger partial charge in [-0.15, -0.1) is 11.3 Å². The number of ketones is 1. The van der Waals surface area contributed by atoms with Gasteiger partial charge in [0, 0.05) is 50.0 Å². The first-order valence-electron chi connectivity index (χ1n) is 12.8. The lowest BCUT2D eigenvalue weighted by Gasteiger charge is -2.34. The normalized spacial score (nSPS) is 14.2. The summed E-state index contributed by atoms with van der Waals surface area (Å²) in [5.41, 5.74) is 6.93. The predicted octanol–water partition coefficient (Wildman–Crippen LogP) is 5.89. The second-order valence-corrected chi connectivity index (χ2v) is 10.5. The molecule has 6 nitrogen and oxygen atoms in total. The highest BCUT2D eigenvalue weighted by molar-refractivity contribution is 7.12. The molecule has 0 aliphatic carbocycles. The second kappa shape index (κ2) is 10.4. The Kier molecular flexibility index (Phi) is 6.62. The van der Waals surface area contributed by atoms with Crippen molar-refractivity contribution in [2.75, 3.05) is 26.2 Å². The van der Waals surface area contributed by atoms with Crippen LogP contribution in [-0.2, 0) is 6.54 Å². The molecule has 3 aromatic heterocycles. The Hall–Kier alpha value is -4.07. The second-order valence-electron chi connectivity index (χ2n) is 9.60. The summed E-state index contributed by atoms with van der Waals surface area (Å²) >= 11 is 1.50. The zero-order chi connectivity index (χ0) is 26.1. The summed E-state index contributed by atoms with van der Waals surface area (Å²) in [5.74, 6) is 0.188. The van der Waals surface area contributed by atoms with Crippen LogP contribution in [0, 0.1) is 0 Å². The molecule has 0 atom stereocenters. The van der Waals surface area contributed by atoms with E-state index in [1.54, 1.807) is 6.92 Å². The van der Waals surface area contributed by atoms with E-state index >= 15 is 0 Å². The maximum Gasteiger partial charge on any atom is 0.264 e. The Morgan fingerprint density at radius 2 is 1.55 bits per heavy atom. The molecule has 7 heteroatoms. The van der Waals surface area contributed by atoms with Crippen molar-refractivity contribution < 1.29 is 9.59 Å². The van der Waals surface area contributed by atoms with Gasteiger partial charge in [0.05, 0.1) is 16.3 Å². The molecule has 38 heavy (non-hydrogen) atoms. The fourth-order valence-electron chi connectivity index (χ4n) is 5.02. The van der Waals surface area contributed by atoms with Crippen molar-refractivity contribution in [3.8, 4) is 22.4 Å². The first-order chi connectivity index (χ1) is 18.6. The molecule has 1 saturated heterocycles. The van der Waals surface area contributed by atoms with Crippen LogP contribution in [0.1, 0.15) is 32.6 Å². The van der Waals surface area contributed by atoms with E-state index in [9.17, 15) is 9.59 Å². The monoisotopic (exact) mass is 520 g/mol. The highest BCUT2D eigenvalue weighted by Crippen LogP contribution is 2.29. The number of nitrogens with zero attached hydrogens (tertiary/aromatic N) is 4. The van der Waals surface area contributed by atoms with E-state index in [2.05, 4.69) is 39.8 Å². The Labute approximate surface area is 225 Å². The molecule has 4 heterocycles. The Balaban J connectivity index is 1.31. The van der Waals surface area contributed by atoms with Gasteiger partial charge in [-0.25, -0.2) is 4.98 Å². The van der Waals surface area contributed by atoms with Gasteiger partial charge in [-0.1, -0.05) is 60.7 Å². The summed E-state index contributed by atoms with van der Waals surface area (Å²) in [5, 5.41) is 1.95. The number of amides is 1. The third-order valence-electron chi connectivity index (χ3n) is 7.15. The Morgan fingerprint density at radius 1 is 0.816 bits per heavy atom. The van der Waals surface area contributed by atoms with Crippen molar-refractivity contribution >= 4 is 28.7 Å². The zero-order valence-corrected chi connectivity index (χ0v) is 22.0. The minimum absolute atomic E-state index is 0.0635. The number of thiophene rings is 1. The lowest BCUT2D eigenvalue weighted by atomic mass is 10.0. The maximum absolute atomic E-state index is 12.8. The highest BCUT2D eigenvalue weighted by atomic mass is 32.1. The molecule has 6 rings (SSSR count). The Bertz CT molecular complexity index is 1580. The molecule has 1 amide bonds. The van der Waals surface area contributed by atoms with Crippen LogP contribution in [-0.4, -0.2) is 57.1 Å². The minimum atomic E-state index is 0.0635. The van der Waals surface area contributed by atoms with Crippen molar-refractivity contribution in [2.24, 2.45) is 0 Å². The van der Waals surface area contributed by atoms with Crippen molar-refractivity contribution in [1.29, 1.82) is 0 Å². The third kappa shape index (κ3) is 4.78. The summed E-state index contributed by atoms with van der Waals surface area (Å²) in [6.45, 7) is 5.36. The number of hydrogen-bond acceptors (Lipinski definition) is 5. The number of fused-ring (bicyclic) bond motifs is 1. The van der Waals surface area contributed by atoms with Gasteiger partial charge in [0.25, 0.3) is 5.91 Å². The summed E-state index contributed by atoms with van der Waals surface area (Å²) in [4.78, 5) is 34.7. The van der Waals surface area contributed by atoms with Gasteiger partial charge in [0.2, 0.25) is 0 Å². The number of imidazole rings is 1. The average molecular weight is 521 g/mol. The molecule has 0 spiro atoms. The van der Waals surface area contributed by atoms with Crippen LogP contribution in [0.25, 0.3) is 28.0 Å². The van der Waals surface area contributed by atoms with Gasteiger partial charge >= 0.3 is 0 Å². The van der Waals surface area contributed by atoms with Gasteiger partial charge in [-0.3, -0.25) is 14.5 Å². The van der Waals surface area contributed by atoms with Crippen LogP contribution >= 0.6 is 11.3 Å². The van der Waals surface area contributed by atoms with Crippen LogP contribution in [0.2, 0.25) is 0 Å². The van der Waals surface area contributed by atoms with E-state index in [1.165, 1.54) is 11.3 Å². The molecule has 1 aliphatic rings. The Morgan fingerprint density at radius 3 is 2.24 bits per heavy atom. The molecule has 5 aromatic rings. The van der Waals surface area contributed by atoms with E-state index in [0.29, 0.717) is 18.7 Å². The number of rotatable bonds is 6. The van der Waals surface area contributed by atoms with Crippen LogP contribution in [0.3, 0.4) is 0 Å². The first-order valence-corrected chi connectivity index (χ1v) is 13.7. The summed E-state index contributed by atoms with van der Waals surface area (Å²) < 4.78 is 2.19. The third-order valence-corrected chi connectivity index (χ3v) is 8.01. The van der Waals surface area contributed by atoms with Crippen LogP contribution in [0.4, 0.5) is 0 Å². The molecule has 0 saturated carbocycles. The molecule has 0 N–H and O–H groups in total. The molecule has 1 fully saturated rings. The number of Topliss-reactive ketones (excluding diaryl/α,β-unsaturated/α-hetero) is 1. The minimum Gasteiger partial charge on any atom is -0.335 e. The van der Waals surface area contributed by atoms with Gasteiger partial charge in [-0.05, 0) is 41.6 Å². The van der Waals surface area contributed by atoms with E-state index in [1.807, 2.05) is 64.9 Å². The largest absolute Gasteiger partial charge is 0.335 e. The fraction of sp³-hybridized carbons (Fsp3) is 0.194. The molecule has 0 radical (unpaired) electrons. The van der Waals surface area contributed by atoms with E-state index in [4.69, 9.17) is 4.98 Å². The molecule has 190 valence electrons. The maximum atomic E-state index is 12.8. The number of pyridine rings is 1. The summed E-state index contributed by atoms with van der Waals surface area (Å²) in [6, 6.07) is 26.0. The van der Waals surface area contributed by atoms with Crippen LogP contribution in [0.5, 0.6) is 0 Å². The number of benzene rings is 2. The molecular weight excluding hydrogens is 492 g/mol. The highest BCUT2D eigenvalue weighted by Gasteiger charge is 2.25. The number of piperazine rings is 1. The topological polar surface area (TPSA) is 57.9 Å². The number of carbonyl (C=O) groups excluding carboxylic acids is 2. The smallest absolute Gasteiger partial charge is 0.264 e. The van der Waals surface area contributed by atoms with Gasteiger partial charge in [-0.2, -0.15) is 0 Å². The van der Waals surface area contributed by atoms with Crippen LogP contribution in [0.15, 0.2) is 90.4 Å². The van der Waals surface area contributed by atoms with Crippen molar-refractivity contribution in [3.63, 3.8) is 0 Å². The van der Waals surface area contributed by atoms with Gasteiger partial charge < -0.3 is 9.30 Å². The SMILES string of the molecule is CC(=O)c1ccc(-c2ccc3nc(-c4ccccc4)c(CN4CCN(C(=O)c5cccs5)CC4)n3c2)cc1. The van der Waals surface area contributed by atoms with Crippen molar-refractivity contribution in [3.05, 3.63) is 107 Å². The fourth-order valence-corrected chi connectivity index (χ4v) is 5.71. The predicted molar refractivity (Wildman–Crippen MR) is 152 cm³/mol. The van der Waals surface area contributed by atoms with Crippen molar-refractivity contribution in [2.45, 2.75) is 13.5 Å².